The Balaban J connectivity index is 1.34. The largest absolute Gasteiger partial charge is 0.480 e. The Bertz CT molecular complexity index is 895. The number of amides is 1. The number of carbonyl (C=O) groups is 2. The standard InChI is InChI=1S/C23H31Cl2N3O5/c1-12(22-6-13-5-14(7-22)9-23(33,8-13)11-22)27-21(32)26-10-17(20(30)31)28-19(29)18-15(24)3-2-4-16(18)25/h2-4,12-14,17,21,26-27,32-33H,5-11H2,1H3,(H,28,29)(H,30,31)/t12?,13?,14?,17-,21?,22?,23?/m0/s1. The molecule has 1 aromatic carbocycles. The smallest absolute Gasteiger partial charge is 0.327 e. The van der Waals surface area contributed by atoms with Gasteiger partial charge >= 0.3 is 5.97 Å². The van der Waals surface area contributed by atoms with E-state index in [0.717, 1.165) is 32.1 Å². The van der Waals surface area contributed by atoms with Gasteiger partial charge in [0.25, 0.3) is 5.91 Å². The number of carboxylic acid groups (broad SMARTS) is 1. The number of hydrogen-bond donors (Lipinski definition) is 6. The van der Waals surface area contributed by atoms with Gasteiger partial charge in [0, 0.05) is 12.6 Å². The highest BCUT2D eigenvalue weighted by Crippen LogP contribution is 2.62. The van der Waals surface area contributed by atoms with Crippen LogP contribution in [0.5, 0.6) is 0 Å². The minimum Gasteiger partial charge on any atom is -0.480 e. The second kappa shape index (κ2) is 9.32. The first-order valence-electron chi connectivity index (χ1n) is 11.4. The van der Waals surface area contributed by atoms with Gasteiger partial charge < -0.3 is 20.6 Å². The molecule has 0 saturated heterocycles. The van der Waals surface area contributed by atoms with Crippen molar-refractivity contribution < 1.29 is 24.9 Å². The summed E-state index contributed by atoms with van der Waals surface area (Å²) in [4.78, 5) is 24.2. The lowest BCUT2D eigenvalue weighted by molar-refractivity contribution is -0.175. The molecule has 5 rings (SSSR count). The van der Waals surface area contributed by atoms with E-state index in [1.54, 1.807) is 6.07 Å². The molecule has 1 amide bonds. The number of aliphatic hydroxyl groups excluding tert-OH is 1. The van der Waals surface area contributed by atoms with Crippen molar-refractivity contribution in [2.45, 2.75) is 69.5 Å². The summed E-state index contributed by atoms with van der Waals surface area (Å²) in [5, 5.41) is 39.5. The SMILES string of the molecule is CC(NC(O)NC[C@H](NC(=O)c1c(Cl)cccc1Cl)C(=O)O)C12CC3CC(CC(O)(C3)C1)C2. The minimum absolute atomic E-state index is 0.000807. The van der Waals surface area contributed by atoms with E-state index in [0.29, 0.717) is 11.8 Å². The summed E-state index contributed by atoms with van der Waals surface area (Å²) < 4.78 is 0. The second-order valence-electron chi connectivity index (χ2n) is 10.2. The molecule has 0 radical (unpaired) electrons. The van der Waals surface area contributed by atoms with E-state index < -0.39 is 29.9 Å². The molecule has 0 aliphatic heterocycles. The van der Waals surface area contributed by atoms with E-state index in [-0.39, 0.29) is 33.6 Å². The van der Waals surface area contributed by atoms with Crippen molar-refractivity contribution in [3.63, 3.8) is 0 Å². The molecule has 4 bridgehead atoms. The fourth-order valence-electron chi connectivity index (χ4n) is 6.64. The third-order valence-electron chi connectivity index (χ3n) is 7.71. The van der Waals surface area contributed by atoms with Crippen LogP contribution < -0.4 is 16.0 Å². The average Bonchev–Trinajstić information content (AvgIpc) is 2.68. The number of halogens is 2. The Morgan fingerprint density at radius 1 is 1.15 bits per heavy atom. The summed E-state index contributed by atoms with van der Waals surface area (Å²) in [7, 11) is 0. The highest BCUT2D eigenvalue weighted by molar-refractivity contribution is 6.39. The number of nitrogens with one attached hydrogen (secondary N) is 3. The van der Waals surface area contributed by atoms with E-state index in [1.165, 1.54) is 18.6 Å². The van der Waals surface area contributed by atoms with Gasteiger partial charge in [-0.1, -0.05) is 29.3 Å². The highest BCUT2D eigenvalue weighted by atomic mass is 35.5. The van der Waals surface area contributed by atoms with E-state index >= 15 is 0 Å². The number of rotatable bonds is 9. The van der Waals surface area contributed by atoms with Crippen molar-refractivity contribution in [1.29, 1.82) is 0 Å². The number of hydrogen-bond acceptors (Lipinski definition) is 6. The summed E-state index contributed by atoms with van der Waals surface area (Å²) in [6.45, 7) is 1.80. The molecule has 0 heterocycles. The average molecular weight is 500 g/mol. The van der Waals surface area contributed by atoms with Crippen molar-refractivity contribution >= 4 is 35.1 Å². The van der Waals surface area contributed by atoms with Crippen LogP contribution in [0.15, 0.2) is 18.2 Å². The van der Waals surface area contributed by atoms with Crippen molar-refractivity contribution in [2.24, 2.45) is 17.3 Å². The van der Waals surface area contributed by atoms with Crippen LogP contribution in [-0.4, -0.2) is 57.8 Å². The predicted octanol–water partition coefficient (Wildman–Crippen LogP) is 2.35. The van der Waals surface area contributed by atoms with Crippen LogP contribution in [-0.2, 0) is 4.79 Å². The fourth-order valence-corrected chi connectivity index (χ4v) is 7.21. The Hall–Kier alpha value is -1.42. The van der Waals surface area contributed by atoms with E-state index in [9.17, 15) is 24.9 Å². The quantitative estimate of drug-likeness (QED) is 0.287. The van der Waals surface area contributed by atoms with Crippen LogP contribution in [0, 0.1) is 17.3 Å². The maximum atomic E-state index is 12.5. The fraction of sp³-hybridized carbons (Fsp3) is 0.652. The Labute approximate surface area is 203 Å². The molecule has 4 saturated carbocycles. The van der Waals surface area contributed by atoms with Crippen LogP contribution in [0.1, 0.15) is 55.8 Å². The summed E-state index contributed by atoms with van der Waals surface area (Å²) >= 11 is 12.1. The van der Waals surface area contributed by atoms with Crippen molar-refractivity contribution in [3.05, 3.63) is 33.8 Å². The molecule has 33 heavy (non-hydrogen) atoms. The minimum atomic E-state index is -1.31. The van der Waals surface area contributed by atoms with E-state index in [4.69, 9.17) is 23.2 Å². The van der Waals surface area contributed by atoms with Crippen molar-refractivity contribution in [3.8, 4) is 0 Å². The lowest BCUT2D eigenvalue weighted by Crippen LogP contribution is -2.63. The van der Waals surface area contributed by atoms with Crippen LogP contribution in [0.3, 0.4) is 0 Å². The van der Waals surface area contributed by atoms with E-state index in [1.807, 2.05) is 6.92 Å². The molecule has 8 nitrogen and oxygen atoms in total. The first-order chi connectivity index (χ1) is 15.5. The van der Waals surface area contributed by atoms with Crippen molar-refractivity contribution in [2.75, 3.05) is 6.54 Å². The molecule has 4 aliphatic carbocycles. The van der Waals surface area contributed by atoms with Gasteiger partial charge in [0.15, 0.2) is 6.35 Å². The van der Waals surface area contributed by atoms with Gasteiger partial charge in [0.1, 0.15) is 6.04 Å². The monoisotopic (exact) mass is 499 g/mol. The molecule has 4 aliphatic rings. The van der Waals surface area contributed by atoms with Gasteiger partial charge in [-0.05, 0) is 74.8 Å². The lowest BCUT2D eigenvalue weighted by atomic mass is 9.46. The molecule has 4 unspecified atom stereocenters. The first kappa shape index (κ1) is 24.7. The van der Waals surface area contributed by atoms with Crippen LogP contribution in [0.4, 0.5) is 0 Å². The Morgan fingerprint density at radius 2 is 1.76 bits per heavy atom. The Kier molecular flexibility index (Phi) is 6.98. The van der Waals surface area contributed by atoms with Gasteiger partial charge in [-0.2, -0.15) is 0 Å². The molecule has 0 aromatic heterocycles. The first-order valence-corrected chi connectivity index (χ1v) is 12.1. The molecule has 10 heteroatoms. The molecular formula is C23H31Cl2N3O5. The van der Waals surface area contributed by atoms with Crippen molar-refractivity contribution in [1.82, 2.24) is 16.0 Å². The number of benzene rings is 1. The number of carboxylic acids is 1. The van der Waals surface area contributed by atoms with Gasteiger partial charge in [-0.25, -0.2) is 4.79 Å². The summed E-state index contributed by atoms with van der Waals surface area (Å²) in [5.41, 5.74) is -0.682. The molecule has 4 fully saturated rings. The number of aliphatic carboxylic acids is 1. The summed E-state index contributed by atoms with van der Waals surface area (Å²) in [6, 6.07) is 3.19. The van der Waals surface area contributed by atoms with Crippen LogP contribution in [0.2, 0.25) is 10.0 Å². The lowest BCUT2D eigenvalue weighted by Gasteiger charge is -2.62. The second-order valence-corrected chi connectivity index (χ2v) is 11.0. The zero-order valence-electron chi connectivity index (χ0n) is 18.5. The Morgan fingerprint density at radius 3 is 2.30 bits per heavy atom. The topological polar surface area (TPSA) is 131 Å². The van der Waals surface area contributed by atoms with E-state index in [2.05, 4.69) is 16.0 Å². The zero-order valence-corrected chi connectivity index (χ0v) is 20.0. The molecule has 6 N–H and O–H groups in total. The third-order valence-corrected chi connectivity index (χ3v) is 8.34. The normalized spacial score (nSPS) is 32.9. The van der Waals surface area contributed by atoms with Gasteiger partial charge in [-0.15, -0.1) is 0 Å². The summed E-state index contributed by atoms with van der Waals surface area (Å²) in [5.74, 6) is -0.928. The van der Waals surface area contributed by atoms with Crippen LogP contribution in [0.25, 0.3) is 0 Å². The predicted molar refractivity (Wildman–Crippen MR) is 124 cm³/mol. The van der Waals surface area contributed by atoms with Gasteiger partial charge in [-0.3, -0.25) is 15.4 Å². The summed E-state index contributed by atoms with van der Waals surface area (Å²) in [6.07, 6.45) is 4.51. The maximum Gasteiger partial charge on any atom is 0.327 e. The third kappa shape index (κ3) is 5.16. The van der Waals surface area contributed by atoms with Gasteiger partial charge in [0.2, 0.25) is 0 Å². The van der Waals surface area contributed by atoms with Crippen LogP contribution >= 0.6 is 23.2 Å². The maximum absolute atomic E-state index is 12.5. The molecule has 5 atom stereocenters. The zero-order chi connectivity index (χ0) is 24.0. The van der Waals surface area contributed by atoms with Gasteiger partial charge in [0.05, 0.1) is 21.2 Å². The molecular weight excluding hydrogens is 469 g/mol. The number of carbonyl (C=O) groups excluding carboxylic acids is 1. The molecule has 0 spiro atoms. The molecule has 1 aromatic rings. The highest BCUT2D eigenvalue weighted by Gasteiger charge is 2.58. The number of aliphatic hydroxyl groups is 2. The molecule has 182 valence electrons.